The third-order valence-corrected chi connectivity index (χ3v) is 7.05. The lowest BCUT2D eigenvalue weighted by Gasteiger charge is -2.54. The van der Waals surface area contributed by atoms with Crippen LogP contribution in [0.25, 0.3) is 0 Å². The third-order valence-electron chi connectivity index (χ3n) is 7.05. The molecule has 1 aromatic rings. The highest BCUT2D eigenvalue weighted by Gasteiger charge is 2.49. The molecule has 3 aliphatic carbocycles. The van der Waals surface area contributed by atoms with Crippen molar-refractivity contribution in [3.8, 4) is 5.75 Å². The zero-order valence-electron chi connectivity index (χ0n) is 15.6. The first-order valence-electron chi connectivity index (χ1n) is 9.92. The van der Waals surface area contributed by atoms with E-state index in [2.05, 4.69) is 45.5 Å². The van der Waals surface area contributed by atoms with E-state index in [0.717, 1.165) is 23.5 Å². The molecule has 24 heavy (non-hydrogen) atoms. The summed E-state index contributed by atoms with van der Waals surface area (Å²) in [7, 11) is 0. The Balaban J connectivity index is 1.61. The summed E-state index contributed by atoms with van der Waals surface area (Å²) in [4.78, 5) is 0. The minimum atomic E-state index is 0.255. The molecule has 4 atom stereocenters. The van der Waals surface area contributed by atoms with Crippen molar-refractivity contribution in [3.05, 3.63) is 41.5 Å². The maximum atomic E-state index is 5.92. The Hall–Kier alpha value is -1.24. The fraction of sp³-hybridized carbons (Fsp3) is 0.652. The predicted molar refractivity (Wildman–Crippen MR) is 101 cm³/mol. The molecule has 3 aliphatic rings. The van der Waals surface area contributed by atoms with Gasteiger partial charge in [0.1, 0.15) is 5.75 Å². The quantitative estimate of drug-likeness (QED) is 0.582. The standard InChI is InChI=1S/C23H32O/c1-15(2)24-18-7-9-19-17(13-18)6-8-21-20(19)11-12-23(4)14-16(3)5-10-22(21)23/h7,9,13,15,20-22H,3,5-6,8,10-12,14H2,1-2,4H3/t20-,21-,22+,23-/m1/s1. The number of fused-ring (bicyclic) bond motifs is 5. The molecule has 0 bridgehead atoms. The first-order valence-corrected chi connectivity index (χ1v) is 9.92. The molecule has 0 saturated heterocycles. The van der Waals surface area contributed by atoms with Crippen LogP contribution in [-0.4, -0.2) is 6.10 Å². The van der Waals surface area contributed by atoms with Crippen molar-refractivity contribution in [1.82, 2.24) is 0 Å². The molecule has 1 nitrogen and oxygen atoms in total. The SMILES string of the molecule is C=C1CC[C@H]2[C@@H]3CCc4cc(OC(C)C)ccc4[C@H]3CC[C@]2(C)C1. The molecule has 0 radical (unpaired) electrons. The summed E-state index contributed by atoms with van der Waals surface area (Å²) < 4.78 is 5.92. The first kappa shape index (κ1) is 16.2. The largest absolute Gasteiger partial charge is 0.491 e. The summed E-state index contributed by atoms with van der Waals surface area (Å²) in [6.45, 7) is 11.1. The molecule has 1 aromatic carbocycles. The van der Waals surface area contributed by atoms with E-state index >= 15 is 0 Å². The Morgan fingerprint density at radius 3 is 2.79 bits per heavy atom. The average Bonchev–Trinajstić information content (AvgIpc) is 2.52. The number of allylic oxidation sites excluding steroid dienone is 1. The monoisotopic (exact) mass is 324 g/mol. The highest BCUT2D eigenvalue weighted by Crippen LogP contribution is 2.60. The van der Waals surface area contributed by atoms with Gasteiger partial charge in [-0.2, -0.15) is 0 Å². The fourth-order valence-electron chi connectivity index (χ4n) is 6.10. The van der Waals surface area contributed by atoms with E-state index in [4.69, 9.17) is 4.74 Å². The highest BCUT2D eigenvalue weighted by molar-refractivity contribution is 5.40. The lowest BCUT2D eigenvalue weighted by molar-refractivity contribution is 0.0120. The topological polar surface area (TPSA) is 9.23 Å². The highest BCUT2D eigenvalue weighted by atomic mass is 16.5. The van der Waals surface area contributed by atoms with Crippen molar-refractivity contribution in [3.63, 3.8) is 0 Å². The van der Waals surface area contributed by atoms with Crippen molar-refractivity contribution in [1.29, 1.82) is 0 Å². The van der Waals surface area contributed by atoms with Crippen LogP contribution < -0.4 is 4.74 Å². The molecule has 130 valence electrons. The van der Waals surface area contributed by atoms with Gasteiger partial charge in [0.25, 0.3) is 0 Å². The molecule has 1 heteroatoms. The van der Waals surface area contributed by atoms with Crippen LogP contribution >= 0.6 is 0 Å². The second-order valence-electron chi connectivity index (χ2n) is 9.10. The van der Waals surface area contributed by atoms with Crippen LogP contribution in [-0.2, 0) is 6.42 Å². The van der Waals surface area contributed by atoms with Crippen molar-refractivity contribution in [2.45, 2.75) is 77.7 Å². The summed E-state index contributed by atoms with van der Waals surface area (Å²) in [5, 5.41) is 0. The van der Waals surface area contributed by atoms with E-state index in [9.17, 15) is 0 Å². The van der Waals surface area contributed by atoms with Crippen LogP contribution in [0.4, 0.5) is 0 Å². The minimum absolute atomic E-state index is 0.255. The number of aryl methyl sites for hydroxylation is 1. The van der Waals surface area contributed by atoms with E-state index in [1.54, 1.807) is 11.1 Å². The second kappa shape index (κ2) is 5.93. The van der Waals surface area contributed by atoms with Gasteiger partial charge in [0.2, 0.25) is 0 Å². The number of hydrogen-bond acceptors (Lipinski definition) is 1. The van der Waals surface area contributed by atoms with Crippen LogP contribution in [0.5, 0.6) is 5.75 Å². The van der Waals surface area contributed by atoms with Crippen LogP contribution in [0, 0.1) is 17.3 Å². The lowest BCUT2D eigenvalue weighted by atomic mass is 9.50. The van der Waals surface area contributed by atoms with Gasteiger partial charge in [-0.1, -0.05) is 25.1 Å². The Kier molecular flexibility index (Phi) is 4.01. The van der Waals surface area contributed by atoms with E-state index < -0.39 is 0 Å². The number of ether oxygens (including phenoxy) is 1. The minimum Gasteiger partial charge on any atom is -0.491 e. The lowest BCUT2D eigenvalue weighted by Crippen LogP contribution is -2.44. The van der Waals surface area contributed by atoms with Gasteiger partial charge in [0.05, 0.1) is 6.10 Å². The molecule has 0 amide bonds. The summed E-state index contributed by atoms with van der Waals surface area (Å²) in [6, 6.07) is 6.91. The summed E-state index contributed by atoms with van der Waals surface area (Å²) in [6.07, 6.45) is 9.51. The van der Waals surface area contributed by atoms with Gasteiger partial charge < -0.3 is 4.74 Å². The molecule has 2 saturated carbocycles. The van der Waals surface area contributed by atoms with Crippen LogP contribution in [0.3, 0.4) is 0 Å². The van der Waals surface area contributed by atoms with Gasteiger partial charge in [0.15, 0.2) is 0 Å². The molecule has 2 fully saturated rings. The Bertz CT molecular complexity index is 643. The first-order chi connectivity index (χ1) is 11.5. The Morgan fingerprint density at radius 1 is 1.17 bits per heavy atom. The normalized spacial score (nSPS) is 35.2. The molecule has 0 N–H and O–H groups in total. The van der Waals surface area contributed by atoms with Crippen molar-refractivity contribution in [2.75, 3.05) is 0 Å². The second-order valence-corrected chi connectivity index (χ2v) is 9.10. The molecule has 0 spiro atoms. The fourth-order valence-corrected chi connectivity index (χ4v) is 6.10. The van der Waals surface area contributed by atoms with Crippen molar-refractivity contribution >= 4 is 0 Å². The Morgan fingerprint density at radius 2 is 2.00 bits per heavy atom. The molecule has 4 rings (SSSR count). The van der Waals surface area contributed by atoms with Gasteiger partial charge >= 0.3 is 0 Å². The average molecular weight is 325 g/mol. The van der Waals surface area contributed by atoms with E-state index in [1.165, 1.54) is 50.5 Å². The van der Waals surface area contributed by atoms with Crippen molar-refractivity contribution in [2.24, 2.45) is 17.3 Å². The zero-order valence-corrected chi connectivity index (χ0v) is 15.6. The Labute approximate surface area is 147 Å². The smallest absolute Gasteiger partial charge is 0.119 e. The molecular weight excluding hydrogens is 292 g/mol. The molecule has 0 heterocycles. The number of benzene rings is 1. The van der Waals surface area contributed by atoms with Crippen LogP contribution in [0.1, 0.15) is 76.3 Å². The summed E-state index contributed by atoms with van der Waals surface area (Å²) >= 11 is 0. The van der Waals surface area contributed by atoms with Gasteiger partial charge in [-0.05, 0) is 105 Å². The van der Waals surface area contributed by atoms with E-state index in [0.29, 0.717) is 5.41 Å². The number of rotatable bonds is 2. The predicted octanol–water partition coefficient (Wildman–Crippen LogP) is 6.28. The number of hydrogen-bond donors (Lipinski definition) is 0. The molecular formula is C23H32O. The summed E-state index contributed by atoms with van der Waals surface area (Å²) in [5.74, 6) is 3.63. The molecule has 0 unspecified atom stereocenters. The van der Waals surface area contributed by atoms with E-state index in [-0.39, 0.29) is 6.10 Å². The maximum absolute atomic E-state index is 5.92. The van der Waals surface area contributed by atoms with Gasteiger partial charge in [-0.15, -0.1) is 0 Å². The van der Waals surface area contributed by atoms with E-state index in [1.807, 2.05) is 0 Å². The molecule has 0 aliphatic heterocycles. The zero-order chi connectivity index (χ0) is 16.9. The van der Waals surface area contributed by atoms with Crippen LogP contribution in [0.15, 0.2) is 30.4 Å². The van der Waals surface area contributed by atoms with Crippen molar-refractivity contribution < 1.29 is 4.74 Å². The molecule has 0 aromatic heterocycles. The van der Waals surface area contributed by atoms with Gasteiger partial charge in [-0.3, -0.25) is 0 Å². The van der Waals surface area contributed by atoms with Crippen LogP contribution in [0.2, 0.25) is 0 Å². The summed E-state index contributed by atoms with van der Waals surface area (Å²) in [5.41, 5.74) is 5.21. The third kappa shape index (κ3) is 2.70. The maximum Gasteiger partial charge on any atom is 0.119 e. The van der Waals surface area contributed by atoms with Gasteiger partial charge in [0, 0.05) is 0 Å². The van der Waals surface area contributed by atoms with Gasteiger partial charge in [-0.25, -0.2) is 0 Å².